The first-order chi connectivity index (χ1) is 13.5. The van der Waals surface area contributed by atoms with E-state index in [4.69, 9.17) is 4.74 Å². The fraction of sp³-hybridized carbons (Fsp3) is 0.364. The molecule has 0 saturated heterocycles. The molecule has 6 heteroatoms. The minimum Gasteiger partial charge on any atom is -0.489 e. The molecule has 2 unspecified atom stereocenters. The number of carboxylic acids is 1. The van der Waals surface area contributed by atoms with Gasteiger partial charge in [0.15, 0.2) is 0 Å². The Balaban J connectivity index is 1.56. The molecule has 1 aliphatic rings. The number of hydrogen-bond donors (Lipinski definition) is 2. The first kappa shape index (κ1) is 19.9. The summed E-state index contributed by atoms with van der Waals surface area (Å²) in [5.41, 5.74) is 1.31. The van der Waals surface area contributed by atoms with Crippen LogP contribution in [0.2, 0.25) is 0 Å². The second kappa shape index (κ2) is 9.35. The van der Waals surface area contributed by atoms with Crippen molar-refractivity contribution in [2.75, 3.05) is 0 Å². The van der Waals surface area contributed by atoms with Gasteiger partial charge in [0.1, 0.15) is 18.2 Å². The number of rotatable bonds is 7. The van der Waals surface area contributed by atoms with Crippen molar-refractivity contribution in [1.29, 1.82) is 0 Å². The molecule has 148 valence electrons. The van der Waals surface area contributed by atoms with E-state index in [2.05, 4.69) is 5.32 Å². The number of aliphatic carboxylic acids is 1. The van der Waals surface area contributed by atoms with Gasteiger partial charge in [0.25, 0.3) is 0 Å². The second-order valence-corrected chi connectivity index (χ2v) is 7.08. The number of hydrogen-bond acceptors (Lipinski definition) is 3. The maximum atomic E-state index is 13.7. The van der Waals surface area contributed by atoms with Gasteiger partial charge in [-0.25, -0.2) is 4.39 Å². The Labute approximate surface area is 163 Å². The minimum atomic E-state index is -0.900. The van der Waals surface area contributed by atoms with Gasteiger partial charge in [-0.1, -0.05) is 43.2 Å². The van der Waals surface area contributed by atoms with Crippen molar-refractivity contribution in [1.82, 2.24) is 5.32 Å². The fourth-order valence-electron chi connectivity index (χ4n) is 3.58. The molecule has 2 aromatic carbocycles. The summed E-state index contributed by atoms with van der Waals surface area (Å²) in [5.74, 6) is -1.94. The summed E-state index contributed by atoms with van der Waals surface area (Å²) in [5, 5.41) is 12.2. The zero-order valence-electron chi connectivity index (χ0n) is 15.6. The number of halogens is 1. The molecule has 0 bridgehead atoms. The summed E-state index contributed by atoms with van der Waals surface area (Å²) >= 11 is 0. The number of ether oxygens (including phenoxy) is 1. The molecule has 1 amide bonds. The molecule has 1 saturated carbocycles. The number of carbonyl (C=O) groups is 2. The van der Waals surface area contributed by atoms with Crippen LogP contribution in [0.25, 0.3) is 0 Å². The number of benzene rings is 2. The lowest BCUT2D eigenvalue weighted by molar-refractivity contribution is -0.148. The normalized spacial score (nSPS) is 19.0. The highest BCUT2D eigenvalue weighted by atomic mass is 19.1. The lowest BCUT2D eigenvalue weighted by Crippen LogP contribution is -2.39. The molecule has 5 nitrogen and oxygen atoms in total. The van der Waals surface area contributed by atoms with Crippen LogP contribution in [0.4, 0.5) is 4.39 Å². The van der Waals surface area contributed by atoms with E-state index >= 15 is 0 Å². The highest BCUT2D eigenvalue weighted by molar-refractivity contribution is 5.84. The van der Waals surface area contributed by atoms with Crippen LogP contribution in [-0.4, -0.2) is 17.0 Å². The third-order valence-electron chi connectivity index (χ3n) is 5.14. The number of nitrogens with one attached hydrogen (secondary N) is 1. The molecule has 2 N–H and O–H groups in total. The van der Waals surface area contributed by atoms with Gasteiger partial charge in [-0.3, -0.25) is 9.59 Å². The van der Waals surface area contributed by atoms with Crippen molar-refractivity contribution in [2.24, 2.45) is 11.8 Å². The molecule has 0 radical (unpaired) electrons. The van der Waals surface area contributed by atoms with Gasteiger partial charge in [-0.2, -0.15) is 0 Å². The van der Waals surface area contributed by atoms with E-state index in [1.165, 1.54) is 6.07 Å². The van der Waals surface area contributed by atoms with Crippen LogP contribution in [0.3, 0.4) is 0 Å². The van der Waals surface area contributed by atoms with Crippen molar-refractivity contribution >= 4 is 11.9 Å². The average molecular weight is 385 g/mol. The Morgan fingerprint density at radius 3 is 2.57 bits per heavy atom. The summed E-state index contributed by atoms with van der Waals surface area (Å²) in [7, 11) is 0. The van der Waals surface area contributed by atoms with Gasteiger partial charge in [0.05, 0.1) is 11.8 Å². The molecule has 0 aliphatic heterocycles. The quantitative estimate of drug-likeness (QED) is 0.758. The maximum absolute atomic E-state index is 13.7. The van der Waals surface area contributed by atoms with Crippen LogP contribution in [-0.2, 0) is 22.7 Å². The molecule has 0 heterocycles. The Morgan fingerprint density at radius 1 is 1.07 bits per heavy atom. The smallest absolute Gasteiger partial charge is 0.307 e. The van der Waals surface area contributed by atoms with Crippen LogP contribution >= 0.6 is 0 Å². The maximum Gasteiger partial charge on any atom is 0.307 e. The topological polar surface area (TPSA) is 75.6 Å². The number of carboxylic acid groups (broad SMARTS) is 1. The van der Waals surface area contributed by atoms with Gasteiger partial charge in [-0.05, 0) is 36.6 Å². The highest BCUT2D eigenvalue weighted by Crippen LogP contribution is 2.30. The van der Waals surface area contributed by atoms with E-state index in [0.717, 1.165) is 18.4 Å². The summed E-state index contributed by atoms with van der Waals surface area (Å²) in [6.45, 7) is 0.406. The van der Waals surface area contributed by atoms with Crippen molar-refractivity contribution in [3.05, 3.63) is 65.5 Å². The molecule has 3 rings (SSSR count). The summed E-state index contributed by atoms with van der Waals surface area (Å²) in [4.78, 5) is 23.8. The van der Waals surface area contributed by atoms with E-state index in [1.807, 2.05) is 6.07 Å². The standard InChI is InChI=1S/C22H24FNO4/c23-20-11-4-1-7-16(20)14-28-17-8-5-6-15(12-17)13-24-21(25)18-9-2-3-10-19(18)22(26)27/h1,4-8,11-12,18-19H,2-3,9-10,13-14H2,(H,24,25)(H,26,27). The molecule has 2 aromatic rings. The third kappa shape index (κ3) is 5.09. The van der Waals surface area contributed by atoms with Crippen molar-refractivity contribution in [2.45, 2.75) is 38.8 Å². The Hall–Kier alpha value is -2.89. The Kier molecular flexibility index (Phi) is 6.63. The van der Waals surface area contributed by atoms with Crippen molar-refractivity contribution < 1.29 is 23.8 Å². The third-order valence-corrected chi connectivity index (χ3v) is 5.14. The lowest BCUT2D eigenvalue weighted by Gasteiger charge is -2.27. The van der Waals surface area contributed by atoms with Crippen molar-refractivity contribution in [3.63, 3.8) is 0 Å². The molecule has 0 aromatic heterocycles. The van der Waals surface area contributed by atoms with E-state index in [9.17, 15) is 19.1 Å². The summed E-state index contributed by atoms with van der Waals surface area (Å²) in [6.07, 6.45) is 2.88. The Bertz CT molecular complexity index is 839. The van der Waals surface area contributed by atoms with Crippen LogP contribution in [0.1, 0.15) is 36.8 Å². The lowest BCUT2D eigenvalue weighted by atomic mass is 9.78. The zero-order chi connectivity index (χ0) is 19.9. The first-order valence-electron chi connectivity index (χ1n) is 9.50. The largest absolute Gasteiger partial charge is 0.489 e. The number of amides is 1. The summed E-state index contributed by atoms with van der Waals surface area (Å²) < 4.78 is 19.3. The van der Waals surface area contributed by atoms with Crippen molar-refractivity contribution in [3.8, 4) is 5.75 Å². The van der Waals surface area contributed by atoms with Crippen LogP contribution < -0.4 is 10.1 Å². The molecule has 1 aliphatic carbocycles. The average Bonchev–Trinajstić information content (AvgIpc) is 2.71. The highest BCUT2D eigenvalue weighted by Gasteiger charge is 2.35. The predicted octanol–water partition coefficient (Wildman–Crippen LogP) is 3.91. The van der Waals surface area contributed by atoms with Gasteiger partial charge >= 0.3 is 5.97 Å². The molecule has 0 spiro atoms. The van der Waals surface area contributed by atoms with Crippen LogP contribution in [0.15, 0.2) is 48.5 Å². The minimum absolute atomic E-state index is 0.116. The fourth-order valence-corrected chi connectivity index (χ4v) is 3.58. The SMILES string of the molecule is O=C(O)C1CCCCC1C(=O)NCc1cccc(OCc2ccccc2F)c1. The van der Waals surface area contributed by atoms with Crippen LogP contribution in [0, 0.1) is 17.7 Å². The second-order valence-electron chi connectivity index (χ2n) is 7.08. The number of carbonyl (C=O) groups excluding carboxylic acids is 1. The van der Waals surface area contributed by atoms with E-state index in [1.54, 1.807) is 36.4 Å². The molecular weight excluding hydrogens is 361 g/mol. The molecular formula is C22H24FNO4. The van der Waals surface area contributed by atoms with E-state index in [0.29, 0.717) is 30.7 Å². The van der Waals surface area contributed by atoms with E-state index < -0.39 is 17.8 Å². The first-order valence-corrected chi connectivity index (χ1v) is 9.50. The monoisotopic (exact) mass is 385 g/mol. The molecule has 1 fully saturated rings. The van der Waals surface area contributed by atoms with Gasteiger partial charge < -0.3 is 15.2 Å². The van der Waals surface area contributed by atoms with Gasteiger partial charge in [0, 0.05) is 12.1 Å². The molecule has 2 atom stereocenters. The van der Waals surface area contributed by atoms with Crippen LogP contribution in [0.5, 0.6) is 5.75 Å². The Morgan fingerprint density at radius 2 is 1.82 bits per heavy atom. The predicted molar refractivity (Wildman–Crippen MR) is 102 cm³/mol. The zero-order valence-corrected chi connectivity index (χ0v) is 15.6. The van der Waals surface area contributed by atoms with E-state index in [-0.39, 0.29) is 18.3 Å². The van der Waals surface area contributed by atoms with Gasteiger partial charge in [0.2, 0.25) is 5.91 Å². The molecule has 28 heavy (non-hydrogen) atoms. The summed E-state index contributed by atoms with van der Waals surface area (Å²) in [6, 6.07) is 13.7. The van der Waals surface area contributed by atoms with Gasteiger partial charge in [-0.15, -0.1) is 0 Å².